The van der Waals surface area contributed by atoms with E-state index in [-0.39, 0.29) is 5.91 Å². The lowest BCUT2D eigenvalue weighted by atomic mass is 10.1. The number of amides is 1. The molecule has 0 unspecified atom stereocenters. The van der Waals surface area contributed by atoms with E-state index >= 15 is 0 Å². The highest BCUT2D eigenvalue weighted by atomic mass is 32.1. The van der Waals surface area contributed by atoms with Crippen LogP contribution in [0.15, 0.2) is 47.4 Å². The largest absolute Gasteiger partial charge is 0.322 e. The van der Waals surface area contributed by atoms with Crippen molar-refractivity contribution in [1.29, 1.82) is 0 Å². The van der Waals surface area contributed by atoms with Gasteiger partial charge in [-0.15, -0.1) is 12.6 Å². The fourth-order valence-electron chi connectivity index (χ4n) is 1.86. The van der Waals surface area contributed by atoms with Crippen LogP contribution in [0.1, 0.15) is 21.5 Å². The summed E-state index contributed by atoms with van der Waals surface area (Å²) in [6.07, 6.45) is 0. The van der Waals surface area contributed by atoms with Crippen LogP contribution in [0.3, 0.4) is 0 Å². The van der Waals surface area contributed by atoms with E-state index < -0.39 is 0 Å². The Labute approximate surface area is 112 Å². The Hall–Kier alpha value is -1.74. The second kappa shape index (κ2) is 5.27. The maximum absolute atomic E-state index is 12.0. The average Bonchev–Trinajstić information content (AvgIpc) is 2.28. The molecule has 2 aromatic carbocycles. The summed E-state index contributed by atoms with van der Waals surface area (Å²) in [6.45, 7) is 4.02. The zero-order valence-corrected chi connectivity index (χ0v) is 11.3. The van der Waals surface area contributed by atoms with E-state index in [0.29, 0.717) is 5.56 Å². The van der Waals surface area contributed by atoms with Crippen molar-refractivity contribution in [3.63, 3.8) is 0 Å². The van der Waals surface area contributed by atoms with Crippen LogP contribution in [0.2, 0.25) is 0 Å². The first-order chi connectivity index (χ1) is 8.54. The number of anilines is 1. The van der Waals surface area contributed by atoms with Gasteiger partial charge in [-0.2, -0.15) is 0 Å². The van der Waals surface area contributed by atoms with Crippen LogP contribution in [-0.2, 0) is 0 Å². The maximum Gasteiger partial charge on any atom is 0.255 e. The fraction of sp³-hybridized carbons (Fsp3) is 0.133. The second-order valence-corrected chi connectivity index (χ2v) is 4.89. The van der Waals surface area contributed by atoms with Crippen LogP contribution in [0.5, 0.6) is 0 Å². The Bertz CT molecular complexity index is 555. The first-order valence-electron chi connectivity index (χ1n) is 5.73. The minimum Gasteiger partial charge on any atom is -0.322 e. The molecule has 0 saturated heterocycles. The van der Waals surface area contributed by atoms with Crippen molar-refractivity contribution in [1.82, 2.24) is 0 Å². The Morgan fingerprint density at radius 3 is 2.11 bits per heavy atom. The SMILES string of the molecule is Cc1cc(C)cc(NC(=O)c2ccc(S)cc2)c1. The van der Waals surface area contributed by atoms with Crippen LogP contribution < -0.4 is 5.32 Å². The van der Waals surface area contributed by atoms with Crippen LogP contribution in [-0.4, -0.2) is 5.91 Å². The van der Waals surface area contributed by atoms with Crippen molar-refractivity contribution in [3.8, 4) is 0 Å². The topological polar surface area (TPSA) is 29.1 Å². The molecule has 0 saturated carbocycles. The Balaban J connectivity index is 2.18. The summed E-state index contributed by atoms with van der Waals surface area (Å²) < 4.78 is 0. The minimum atomic E-state index is -0.103. The lowest BCUT2D eigenvalue weighted by Crippen LogP contribution is -2.11. The molecule has 0 fully saturated rings. The van der Waals surface area contributed by atoms with Crippen molar-refractivity contribution >= 4 is 24.2 Å². The monoisotopic (exact) mass is 257 g/mol. The summed E-state index contributed by atoms with van der Waals surface area (Å²) in [6, 6.07) is 13.1. The van der Waals surface area contributed by atoms with Crippen molar-refractivity contribution in [2.45, 2.75) is 18.7 Å². The molecule has 18 heavy (non-hydrogen) atoms. The Kier molecular flexibility index (Phi) is 3.72. The molecule has 0 spiro atoms. The van der Waals surface area contributed by atoms with Crippen molar-refractivity contribution < 1.29 is 4.79 Å². The van der Waals surface area contributed by atoms with Crippen LogP contribution in [0, 0.1) is 13.8 Å². The van der Waals surface area contributed by atoms with Gasteiger partial charge in [0.25, 0.3) is 5.91 Å². The highest BCUT2D eigenvalue weighted by Gasteiger charge is 2.06. The van der Waals surface area contributed by atoms with Gasteiger partial charge in [0.15, 0.2) is 0 Å². The standard InChI is InChI=1S/C15H15NOS/c1-10-7-11(2)9-13(8-10)16-15(17)12-3-5-14(18)6-4-12/h3-9,18H,1-2H3,(H,16,17). The molecule has 0 radical (unpaired) electrons. The molecule has 1 amide bonds. The third kappa shape index (κ3) is 3.14. The van der Waals surface area contributed by atoms with Gasteiger partial charge in [0.05, 0.1) is 0 Å². The zero-order valence-electron chi connectivity index (χ0n) is 10.4. The van der Waals surface area contributed by atoms with E-state index in [1.807, 2.05) is 26.0 Å². The van der Waals surface area contributed by atoms with E-state index in [1.165, 1.54) is 0 Å². The summed E-state index contributed by atoms with van der Waals surface area (Å²) in [4.78, 5) is 12.9. The van der Waals surface area contributed by atoms with Gasteiger partial charge in [-0.25, -0.2) is 0 Å². The molecule has 3 heteroatoms. The number of hydrogen-bond donors (Lipinski definition) is 2. The van der Waals surface area contributed by atoms with Crippen molar-refractivity contribution in [3.05, 3.63) is 59.2 Å². The van der Waals surface area contributed by atoms with Gasteiger partial charge >= 0.3 is 0 Å². The van der Waals surface area contributed by atoms with Gasteiger partial charge in [-0.3, -0.25) is 4.79 Å². The second-order valence-electron chi connectivity index (χ2n) is 4.38. The smallest absolute Gasteiger partial charge is 0.255 e. The van der Waals surface area contributed by atoms with Gasteiger partial charge in [0.1, 0.15) is 0 Å². The molecule has 0 aliphatic rings. The Morgan fingerprint density at radius 2 is 1.56 bits per heavy atom. The zero-order chi connectivity index (χ0) is 13.1. The molecule has 0 bridgehead atoms. The van der Waals surface area contributed by atoms with Gasteiger partial charge in [0, 0.05) is 16.1 Å². The molecule has 2 aromatic rings. The summed E-state index contributed by atoms with van der Waals surface area (Å²) in [5, 5.41) is 2.90. The number of benzene rings is 2. The molecule has 0 heterocycles. The summed E-state index contributed by atoms with van der Waals surface area (Å²) in [5.41, 5.74) is 3.73. The van der Waals surface area contributed by atoms with Gasteiger partial charge in [0.2, 0.25) is 0 Å². The molecule has 0 aromatic heterocycles. The van der Waals surface area contributed by atoms with Crippen molar-refractivity contribution in [2.24, 2.45) is 0 Å². The summed E-state index contributed by atoms with van der Waals surface area (Å²) in [7, 11) is 0. The van der Waals surface area contributed by atoms with Crippen LogP contribution in [0.25, 0.3) is 0 Å². The normalized spacial score (nSPS) is 10.2. The molecule has 2 rings (SSSR count). The van der Waals surface area contributed by atoms with Crippen molar-refractivity contribution in [2.75, 3.05) is 5.32 Å². The number of hydrogen-bond acceptors (Lipinski definition) is 2. The molecular weight excluding hydrogens is 242 g/mol. The minimum absolute atomic E-state index is 0.103. The first kappa shape index (κ1) is 12.7. The van der Waals surface area contributed by atoms with E-state index in [1.54, 1.807) is 24.3 Å². The average molecular weight is 257 g/mol. The molecule has 92 valence electrons. The van der Waals surface area contributed by atoms with Crippen LogP contribution >= 0.6 is 12.6 Å². The van der Waals surface area contributed by atoms with E-state index in [9.17, 15) is 4.79 Å². The Morgan fingerprint density at radius 1 is 1.00 bits per heavy atom. The fourth-order valence-corrected chi connectivity index (χ4v) is 2.01. The number of carbonyl (C=O) groups excluding carboxylic acids is 1. The molecule has 1 N–H and O–H groups in total. The summed E-state index contributed by atoms with van der Waals surface area (Å²) in [5.74, 6) is -0.103. The van der Waals surface area contributed by atoms with Crippen LogP contribution in [0.4, 0.5) is 5.69 Å². The number of carbonyl (C=O) groups is 1. The molecule has 0 aliphatic heterocycles. The third-order valence-electron chi connectivity index (χ3n) is 2.61. The number of thiol groups is 1. The lowest BCUT2D eigenvalue weighted by Gasteiger charge is -2.07. The predicted octanol–water partition coefficient (Wildman–Crippen LogP) is 3.84. The number of rotatable bonds is 2. The molecular formula is C15H15NOS. The third-order valence-corrected chi connectivity index (χ3v) is 2.91. The van der Waals surface area contributed by atoms with Gasteiger partial charge in [-0.05, 0) is 61.4 Å². The highest BCUT2D eigenvalue weighted by Crippen LogP contribution is 2.15. The first-order valence-corrected chi connectivity index (χ1v) is 6.18. The van der Waals surface area contributed by atoms with E-state index in [0.717, 1.165) is 21.7 Å². The molecule has 2 nitrogen and oxygen atoms in total. The predicted molar refractivity (Wildman–Crippen MR) is 77.6 cm³/mol. The van der Waals surface area contributed by atoms with E-state index in [2.05, 4.69) is 24.0 Å². The number of nitrogens with one attached hydrogen (secondary N) is 1. The molecule has 0 aliphatic carbocycles. The van der Waals surface area contributed by atoms with Gasteiger partial charge in [-0.1, -0.05) is 6.07 Å². The van der Waals surface area contributed by atoms with Gasteiger partial charge < -0.3 is 5.32 Å². The molecule has 0 atom stereocenters. The highest BCUT2D eigenvalue weighted by molar-refractivity contribution is 7.80. The van der Waals surface area contributed by atoms with E-state index in [4.69, 9.17) is 0 Å². The maximum atomic E-state index is 12.0. The number of aryl methyl sites for hydroxylation is 2. The lowest BCUT2D eigenvalue weighted by molar-refractivity contribution is 0.102. The quantitative estimate of drug-likeness (QED) is 0.786. The summed E-state index contributed by atoms with van der Waals surface area (Å²) >= 11 is 4.19.